The normalized spacial score (nSPS) is 12.5. The molecule has 0 aliphatic carbocycles. The van der Waals surface area contributed by atoms with Crippen LogP contribution in [0.2, 0.25) is 0 Å². The monoisotopic (exact) mass is 184 g/mol. The van der Waals surface area contributed by atoms with Crippen molar-refractivity contribution in [2.75, 3.05) is 26.7 Å². The fourth-order valence-corrected chi connectivity index (χ4v) is 0.911. The van der Waals surface area contributed by atoms with Gasteiger partial charge in [0.2, 0.25) is 0 Å². The zero-order valence-corrected chi connectivity index (χ0v) is 7.19. The van der Waals surface area contributed by atoms with Crippen LogP contribution in [-0.4, -0.2) is 37.8 Å². The van der Waals surface area contributed by atoms with Crippen LogP contribution < -0.4 is 5.73 Å². The Bertz CT molecular complexity index is 114. The van der Waals surface area contributed by atoms with Crippen LogP contribution in [0.25, 0.3) is 0 Å². The Morgan fingerprint density at radius 2 is 1.83 bits per heavy atom. The Labute approximate surface area is 70.5 Å². The molecule has 0 radical (unpaired) electrons. The van der Waals surface area contributed by atoms with E-state index in [1.54, 1.807) is 0 Å². The lowest BCUT2D eigenvalue weighted by molar-refractivity contribution is -0.143. The second kappa shape index (κ2) is 5.37. The first-order valence-corrected chi connectivity index (χ1v) is 3.91. The van der Waals surface area contributed by atoms with Gasteiger partial charge in [-0.1, -0.05) is 0 Å². The van der Waals surface area contributed by atoms with E-state index in [9.17, 15) is 13.2 Å². The van der Waals surface area contributed by atoms with E-state index < -0.39 is 12.7 Å². The molecule has 0 fully saturated rings. The van der Waals surface area contributed by atoms with Gasteiger partial charge in [0, 0.05) is 0 Å². The molecule has 0 spiro atoms. The van der Waals surface area contributed by atoms with Gasteiger partial charge in [-0.25, -0.2) is 0 Å². The third-order valence-electron chi connectivity index (χ3n) is 1.44. The Balaban J connectivity index is 3.40. The molecule has 0 saturated carbocycles. The Hall–Kier alpha value is -0.290. The standard InChI is InChI=1S/C7H15F3N2/c1-12(5-3-2-4-11)6-7(8,9)10/h2-6,11H2,1H3. The number of hydrogen-bond donors (Lipinski definition) is 1. The van der Waals surface area contributed by atoms with E-state index in [1.165, 1.54) is 11.9 Å². The third-order valence-corrected chi connectivity index (χ3v) is 1.44. The molecule has 12 heavy (non-hydrogen) atoms. The molecule has 0 bridgehead atoms. The molecule has 0 unspecified atom stereocenters. The van der Waals surface area contributed by atoms with E-state index in [0.717, 1.165) is 12.8 Å². The minimum absolute atomic E-state index is 0.455. The molecule has 74 valence electrons. The minimum Gasteiger partial charge on any atom is -0.330 e. The highest BCUT2D eigenvalue weighted by Crippen LogP contribution is 2.15. The van der Waals surface area contributed by atoms with Crippen LogP contribution in [0, 0.1) is 0 Å². The van der Waals surface area contributed by atoms with Crippen LogP contribution >= 0.6 is 0 Å². The molecule has 0 rings (SSSR count). The summed E-state index contributed by atoms with van der Waals surface area (Å²) in [6, 6.07) is 0. The van der Waals surface area contributed by atoms with Gasteiger partial charge in [0.05, 0.1) is 6.54 Å². The van der Waals surface area contributed by atoms with Crippen LogP contribution in [0.4, 0.5) is 13.2 Å². The second-order valence-corrected chi connectivity index (χ2v) is 2.85. The van der Waals surface area contributed by atoms with Gasteiger partial charge in [-0.15, -0.1) is 0 Å². The number of hydrogen-bond acceptors (Lipinski definition) is 2. The number of unbranched alkanes of at least 4 members (excludes halogenated alkanes) is 1. The van der Waals surface area contributed by atoms with Crippen molar-refractivity contribution in [3.8, 4) is 0 Å². The molecule has 0 amide bonds. The van der Waals surface area contributed by atoms with Crippen LogP contribution in [0.5, 0.6) is 0 Å². The SMILES string of the molecule is CN(CCCCN)CC(F)(F)F. The maximum atomic E-state index is 11.7. The second-order valence-electron chi connectivity index (χ2n) is 2.85. The average molecular weight is 184 g/mol. The highest BCUT2D eigenvalue weighted by atomic mass is 19.4. The molecule has 0 heterocycles. The summed E-state index contributed by atoms with van der Waals surface area (Å²) < 4.78 is 35.2. The first-order valence-electron chi connectivity index (χ1n) is 3.91. The third kappa shape index (κ3) is 7.81. The lowest BCUT2D eigenvalue weighted by Crippen LogP contribution is -2.31. The summed E-state index contributed by atoms with van der Waals surface area (Å²) in [5.41, 5.74) is 5.20. The van der Waals surface area contributed by atoms with Crippen LogP contribution in [-0.2, 0) is 0 Å². The number of nitrogens with two attached hydrogens (primary N) is 1. The van der Waals surface area contributed by atoms with Crippen molar-refractivity contribution in [3.63, 3.8) is 0 Å². The number of halogens is 3. The predicted molar refractivity (Wildman–Crippen MR) is 41.8 cm³/mol. The van der Waals surface area contributed by atoms with Gasteiger partial charge in [-0.05, 0) is 33.0 Å². The van der Waals surface area contributed by atoms with Gasteiger partial charge in [-0.2, -0.15) is 13.2 Å². The fraction of sp³-hybridized carbons (Fsp3) is 1.00. The highest BCUT2D eigenvalue weighted by molar-refractivity contribution is 4.58. The molecule has 0 aromatic rings. The van der Waals surface area contributed by atoms with Crippen molar-refractivity contribution in [1.82, 2.24) is 4.90 Å². The zero-order valence-electron chi connectivity index (χ0n) is 7.19. The Morgan fingerprint density at radius 1 is 1.25 bits per heavy atom. The summed E-state index contributed by atoms with van der Waals surface area (Å²) >= 11 is 0. The smallest absolute Gasteiger partial charge is 0.330 e. The predicted octanol–water partition coefficient (Wildman–Crippen LogP) is 1.22. The largest absolute Gasteiger partial charge is 0.401 e. The summed E-state index contributed by atoms with van der Waals surface area (Å²) in [6.45, 7) is 0.161. The van der Waals surface area contributed by atoms with Gasteiger partial charge < -0.3 is 5.73 Å². The van der Waals surface area contributed by atoms with Gasteiger partial charge in [0.1, 0.15) is 0 Å². The van der Waals surface area contributed by atoms with Crippen molar-refractivity contribution < 1.29 is 13.2 Å². The van der Waals surface area contributed by atoms with E-state index in [1.807, 2.05) is 0 Å². The first-order chi connectivity index (χ1) is 5.45. The molecule has 0 atom stereocenters. The van der Waals surface area contributed by atoms with Crippen LogP contribution in [0.1, 0.15) is 12.8 Å². The summed E-state index contributed by atoms with van der Waals surface area (Å²) in [5, 5.41) is 0. The van der Waals surface area contributed by atoms with Crippen molar-refractivity contribution in [2.45, 2.75) is 19.0 Å². The maximum absolute atomic E-state index is 11.7. The zero-order chi connectivity index (χ0) is 9.61. The number of alkyl halides is 3. The molecular weight excluding hydrogens is 169 g/mol. The van der Waals surface area contributed by atoms with E-state index in [-0.39, 0.29) is 0 Å². The van der Waals surface area contributed by atoms with E-state index in [4.69, 9.17) is 5.73 Å². The summed E-state index contributed by atoms with van der Waals surface area (Å²) in [5.74, 6) is 0. The number of rotatable bonds is 5. The maximum Gasteiger partial charge on any atom is 0.401 e. The Morgan fingerprint density at radius 3 is 2.25 bits per heavy atom. The summed E-state index contributed by atoms with van der Waals surface area (Å²) in [7, 11) is 1.46. The van der Waals surface area contributed by atoms with Crippen LogP contribution in [0.3, 0.4) is 0 Å². The van der Waals surface area contributed by atoms with Crippen LogP contribution in [0.15, 0.2) is 0 Å². The molecule has 2 N–H and O–H groups in total. The lowest BCUT2D eigenvalue weighted by Gasteiger charge is -2.17. The molecule has 0 saturated heterocycles. The van der Waals surface area contributed by atoms with E-state index >= 15 is 0 Å². The fourth-order valence-electron chi connectivity index (χ4n) is 0.911. The molecule has 2 nitrogen and oxygen atoms in total. The topological polar surface area (TPSA) is 29.3 Å². The number of nitrogens with zero attached hydrogens (tertiary/aromatic N) is 1. The molecule has 5 heteroatoms. The van der Waals surface area contributed by atoms with E-state index in [2.05, 4.69) is 0 Å². The lowest BCUT2D eigenvalue weighted by atomic mass is 10.3. The molecule has 0 aliphatic rings. The van der Waals surface area contributed by atoms with Crippen molar-refractivity contribution >= 4 is 0 Å². The van der Waals surface area contributed by atoms with E-state index in [0.29, 0.717) is 13.1 Å². The Kier molecular flexibility index (Phi) is 5.24. The molecule has 0 aliphatic heterocycles. The summed E-state index contributed by atoms with van der Waals surface area (Å²) in [6.07, 6.45) is -2.58. The molecule has 0 aromatic carbocycles. The summed E-state index contributed by atoms with van der Waals surface area (Å²) in [4.78, 5) is 1.26. The van der Waals surface area contributed by atoms with Crippen molar-refractivity contribution in [1.29, 1.82) is 0 Å². The van der Waals surface area contributed by atoms with Gasteiger partial charge in [-0.3, -0.25) is 4.90 Å². The van der Waals surface area contributed by atoms with Gasteiger partial charge >= 0.3 is 6.18 Å². The molecule has 0 aromatic heterocycles. The highest BCUT2D eigenvalue weighted by Gasteiger charge is 2.28. The van der Waals surface area contributed by atoms with Gasteiger partial charge in [0.25, 0.3) is 0 Å². The average Bonchev–Trinajstić information content (AvgIpc) is 1.84. The quantitative estimate of drug-likeness (QED) is 0.651. The molecular formula is C7H15F3N2. The van der Waals surface area contributed by atoms with Crippen molar-refractivity contribution in [3.05, 3.63) is 0 Å². The van der Waals surface area contributed by atoms with Gasteiger partial charge in [0.15, 0.2) is 0 Å². The first kappa shape index (κ1) is 11.7. The minimum atomic E-state index is -4.09. The van der Waals surface area contributed by atoms with Crippen molar-refractivity contribution in [2.24, 2.45) is 5.73 Å².